The fraction of sp³-hybridized carbons (Fsp3) is 0.818. The molecule has 0 spiro atoms. The molecule has 0 heterocycles. The molecule has 0 radical (unpaired) electrons. The minimum absolute atomic E-state index is 0.00425. The van der Waals surface area contributed by atoms with E-state index in [-0.39, 0.29) is 23.9 Å². The van der Waals surface area contributed by atoms with Gasteiger partial charge in [-0.1, -0.05) is 13.3 Å². The quantitative estimate of drug-likeness (QED) is 0.722. The fourth-order valence-electron chi connectivity index (χ4n) is 2.03. The number of rotatable bonds is 4. The number of nitriles is 1. The van der Waals surface area contributed by atoms with Crippen LogP contribution >= 0.6 is 0 Å². The molecule has 3 atom stereocenters. The Balaban J connectivity index is 2.43. The van der Waals surface area contributed by atoms with Crippen LogP contribution in [0.25, 0.3) is 0 Å². The highest BCUT2D eigenvalue weighted by molar-refractivity contribution is 5.80. The zero-order valence-electron chi connectivity index (χ0n) is 9.20. The third-order valence-corrected chi connectivity index (χ3v) is 3.08. The van der Waals surface area contributed by atoms with Gasteiger partial charge in [0, 0.05) is 12.1 Å². The van der Waals surface area contributed by atoms with Crippen molar-refractivity contribution in [2.45, 2.75) is 51.1 Å². The Morgan fingerprint density at radius 3 is 2.87 bits per heavy atom. The van der Waals surface area contributed by atoms with Crippen molar-refractivity contribution in [3.05, 3.63) is 0 Å². The number of nitrogens with zero attached hydrogens (tertiary/aromatic N) is 1. The molecule has 0 bridgehead atoms. The number of carbonyl (C=O) groups excluding carboxylic acids is 1. The predicted octanol–water partition coefficient (Wildman–Crippen LogP) is 0.922. The van der Waals surface area contributed by atoms with Gasteiger partial charge in [-0.25, -0.2) is 0 Å². The Labute approximate surface area is 90.8 Å². The Morgan fingerprint density at radius 1 is 1.67 bits per heavy atom. The summed E-state index contributed by atoms with van der Waals surface area (Å²) < 4.78 is 0. The van der Waals surface area contributed by atoms with Gasteiger partial charge in [0.25, 0.3) is 0 Å². The summed E-state index contributed by atoms with van der Waals surface area (Å²) in [6, 6.07) is 2.07. The molecule has 84 valence electrons. The number of carbonyl (C=O) groups is 1. The molecule has 3 N–H and O–H groups in total. The zero-order chi connectivity index (χ0) is 11.3. The van der Waals surface area contributed by atoms with E-state index in [0.717, 1.165) is 25.7 Å². The lowest BCUT2D eigenvalue weighted by Gasteiger charge is -2.19. The van der Waals surface area contributed by atoms with Crippen LogP contribution in [0.4, 0.5) is 0 Å². The number of hydrogen-bond acceptors (Lipinski definition) is 3. The topological polar surface area (TPSA) is 78.9 Å². The maximum Gasteiger partial charge on any atom is 0.224 e. The largest absolute Gasteiger partial charge is 0.352 e. The highest BCUT2D eigenvalue weighted by atomic mass is 16.2. The van der Waals surface area contributed by atoms with E-state index in [9.17, 15) is 4.79 Å². The Morgan fingerprint density at radius 2 is 2.40 bits per heavy atom. The van der Waals surface area contributed by atoms with Crippen LogP contribution < -0.4 is 11.1 Å². The van der Waals surface area contributed by atoms with Gasteiger partial charge in [0.05, 0.1) is 18.4 Å². The maximum atomic E-state index is 11.8. The average Bonchev–Trinajstić information content (AvgIpc) is 2.63. The van der Waals surface area contributed by atoms with Crippen LogP contribution in [0.15, 0.2) is 0 Å². The number of nitrogens with one attached hydrogen (secondary N) is 1. The van der Waals surface area contributed by atoms with Crippen LogP contribution in [0.1, 0.15) is 39.0 Å². The summed E-state index contributed by atoms with van der Waals surface area (Å²) in [6.45, 7) is 1.97. The maximum absolute atomic E-state index is 11.8. The van der Waals surface area contributed by atoms with Crippen molar-refractivity contribution in [2.24, 2.45) is 11.7 Å². The molecule has 0 aromatic heterocycles. The molecule has 4 heteroatoms. The van der Waals surface area contributed by atoms with Crippen LogP contribution in [0, 0.1) is 17.2 Å². The average molecular weight is 209 g/mol. The first-order valence-corrected chi connectivity index (χ1v) is 5.62. The lowest BCUT2D eigenvalue weighted by atomic mass is 10.0. The van der Waals surface area contributed by atoms with Gasteiger partial charge in [-0.2, -0.15) is 5.26 Å². The smallest absolute Gasteiger partial charge is 0.224 e. The van der Waals surface area contributed by atoms with Crippen molar-refractivity contribution < 1.29 is 4.79 Å². The predicted molar refractivity (Wildman–Crippen MR) is 57.8 cm³/mol. The van der Waals surface area contributed by atoms with Crippen LogP contribution in [0.5, 0.6) is 0 Å². The van der Waals surface area contributed by atoms with E-state index >= 15 is 0 Å². The van der Waals surface area contributed by atoms with Crippen molar-refractivity contribution in [1.82, 2.24) is 5.32 Å². The SMILES string of the molecule is CCC(CC#N)NC(=O)C1CCCC1N. The summed E-state index contributed by atoms with van der Waals surface area (Å²) in [7, 11) is 0. The Hall–Kier alpha value is -1.08. The molecular formula is C11H19N3O. The molecule has 1 aliphatic rings. The Kier molecular flexibility index (Phi) is 4.57. The highest BCUT2D eigenvalue weighted by Crippen LogP contribution is 2.24. The molecular weight excluding hydrogens is 190 g/mol. The molecule has 3 unspecified atom stereocenters. The van der Waals surface area contributed by atoms with Crippen molar-refractivity contribution in [2.75, 3.05) is 0 Å². The van der Waals surface area contributed by atoms with Gasteiger partial charge in [-0.3, -0.25) is 4.79 Å². The van der Waals surface area contributed by atoms with Gasteiger partial charge in [0.2, 0.25) is 5.91 Å². The standard InChI is InChI=1S/C11H19N3O/c1-2-8(6-7-12)14-11(15)9-4-3-5-10(9)13/h8-10H,2-6,13H2,1H3,(H,14,15). The third kappa shape index (κ3) is 3.21. The molecule has 0 aromatic rings. The van der Waals surface area contributed by atoms with Crippen molar-refractivity contribution >= 4 is 5.91 Å². The van der Waals surface area contributed by atoms with Crippen LogP contribution in [0.2, 0.25) is 0 Å². The summed E-state index contributed by atoms with van der Waals surface area (Å²) in [6.07, 6.45) is 4.03. The molecule has 1 amide bonds. The van der Waals surface area contributed by atoms with Gasteiger partial charge < -0.3 is 11.1 Å². The van der Waals surface area contributed by atoms with E-state index in [1.165, 1.54) is 0 Å². The van der Waals surface area contributed by atoms with Crippen molar-refractivity contribution in [1.29, 1.82) is 5.26 Å². The first-order chi connectivity index (χ1) is 7.19. The first-order valence-electron chi connectivity index (χ1n) is 5.62. The molecule has 0 aliphatic heterocycles. The lowest BCUT2D eigenvalue weighted by molar-refractivity contribution is -0.125. The minimum Gasteiger partial charge on any atom is -0.352 e. The van der Waals surface area contributed by atoms with Gasteiger partial charge in [-0.05, 0) is 19.3 Å². The highest BCUT2D eigenvalue weighted by Gasteiger charge is 2.30. The molecule has 15 heavy (non-hydrogen) atoms. The van der Waals surface area contributed by atoms with Crippen molar-refractivity contribution in [3.8, 4) is 6.07 Å². The number of nitrogens with two attached hydrogens (primary N) is 1. The molecule has 0 saturated heterocycles. The van der Waals surface area contributed by atoms with Crippen LogP contribution in [-0.4, -0.2) is 18.0 Å². The number of amides is 1. The van der Waals surface area contributed by atoms with Gasteiger partial charge >= 0.3 is 0 Å². The summed E-state index contributed by atoms with van der Waals surface area (Å²) >= 11 is 0. The van der Waals surface area contributed by atoms with Gasteiger partial charge in [0.1, 0.15) is 0 Å². The molecule has 1 aliphatic carbocycles. The van der Waals surface area contributed by atoms with Gasteiger partial charge in [-0.15, -0.1) is 0 Å². The van der Waals surface area contributed by atoms with Gasteiger partial charge in [0.15, 0.2) is 0 Å². The third-order valence-electron chi connectivity index (χ3n) is 3.08. The van der Waals surface area contributed by atoms with E-state index in [4.69, 9.17) is 11.0 Å². The second-order valence-corrected chi connectivity index (χ2v) is 4.18. The van der Waals surface area contributed by atoms with Crippen LogP contribution in [-0.2, 0) is 4.79 Å². The summed E-state index contributed by atoms with van der Waals surface area (Å²) in [5, 5.41) is 11.5. The molecule has 0 aromatic carbocycles. The molecule has 4 nitrogen and oxygen atoms in total. The second-order valence-electron chi connectivity index (χ2n) is 4.18. The molecule has 1 fully saturated rings. The van der Waals surface area contributed by atoms with Crippen molar-refractivity contribution in [3.63, 3.8) is 0 Å². The zero-order valence-corrected chi connectivity index (χ0v) is 9.20. The van der Waals surface area contributed by atoms with E-state index < -0.39 is 0 Å². The first kappa shape index (κ1) is 12.0. The van der Waals surface area contributed by atoms with Crippen LogP contribution in [0.3, 0.4) is 0 Å². The Bertz CT molecular complexity index is 259. The molecule has 1 saturated carbocycles. The number of hydrogen-bond donors (Lipinski definition) is 2. The summed E-state index contributed by atoms with van der Waals surface area (Å²) in [5.41, 5.74) is 5.85. The van der Waals surface area contributed by atoms with E-state index in [0.29, 0.717) is 6.42 Å². The van der Waals surface area contributed by atoms with E-state index in [2.05, 4.69) is 11.4 Å². The lowest BCUT2D eigenvalue weighted by Crippen LogP contribution is -2.43. The van der Waals surface area contributed by atoms with E-state index in [1.807, 2.05) is 6.92 Å². The minimum atomic E-state index is -0.0438. The summed E-state index contributed by atoms with van der Waals surface area (Å²) in [4.78, 5) is 11.8. The van der Waals surface area contributed by atoms with E-state index in [1.54, 1.807) is 0 Å². The second kappa shape index (κ2) is 5.72. The molecule has 1 rings (SSSR count). The fourth-order valence-corrected chi connectivity index (χ4v) is 2.03. The normalized spacial score (nSPS) is 27.0. The monoisotopic (exact) mass is 209 g/mol. The summed E-state index contributed by atoms with van der Waals surface area (Å²) in [5.74, 6) is -0.0140.